The van der Waals surface area contributed by atoms with Crippen LogP contribution < -0.4 is 11.1 Å². The molecule has 1 fully saturated rings. The quantitative estimate of drug-likeness (QED) is 0.644. The summed E-state index contributed by atoms with van der Waals surface area (Å²) in [6.45, 7) is 2.76. The van der Waals surface area contributed by atoms with E-state index in [1.165, 1.54) is 32.2 Å². The van der Waals surface area contributed by atoms with Crippen LogP contribution in [-0.2, 0) is 4.74 Å². The Morgan fingerprint density at radius 3 is 2.73 bits per heavy atom. The lowest BCUT2D eigenvalue weighted by molar-refractivity contribution is 0.159. The lowest BCUT2D eigenvalue weighted by atomic mass is 10.1. The van der Waals surface area contributed by atoms with E-state index >= 15 is 0 Å². The van der Waals surface area contributed by atoms with Crippen molar-refractivity contribution in [2.75, 3.05) is 26.8 Å². The molecule has 3 nitrogen and oxygen atoms in total. The molecule has 1 unspecified atom stereocenters. The van der Waals surface area contributed by atoms with E-state index in [2.05, 4.69) is 5.32 Å². The summed E-state index contributed by atoms with van der Waals surface area (Å²) in [6.07, 6.45) is 7.88. The Kier molecular flexibility index (Phi) is 6.98. The van der Waals surface area contributed by atoms with Crippen molar-refractivity contribution < 1.29 is 4.74 Å². The van der Waals surface area contributed by atoms with Crippen molar-refractivity contribution in [2.24, 2.45) is 11.7 Å². The molecule has 0 radical (unpaired) electrons. The molecular weight excluding hydrogens is 188 g/mol. The molecule has 0 aromatic carbocycles. The molecule has 0 spiro atoms. The van der Waals surface area contributed by atoms with Crippen molar-refractivity contribution in [3.63, 3.8) is 0 Å². The molecule has 0 heterocycles. The van der Waals surface area contributed by atoms with Gasteiger partial charge in [-0.3, -0.25) is 0 Å². The fourth-order valence-electron chi connectivity index (χ4n) is 2.36. The number of rotatable bonds is 8. The van der Waals surface area contributed by atoms with Crippen LogP contribution in [0.1, 0.15) is 38.5 Å². The zero-order chi connectivity index (χ0) is 10.9. The van der Waals surface area contributed by atoms with Gasteiger partial charge in [-0.2, -0.15) is 0 Å². The van der Waals surface area contributed by atoms with Gasteiger partial charge < -0.3 is 15.8 Å². The second-order valence-electron chi connectivity index (χ2n) is 4.64. The predicted molar refractivity (Wildman–Crippen MR) is 63.9 cm³/mol. The number of nitrogens with one attached hydrogen (secondary N) is 1. The number of methoxy groups -OCH3 is 1. The first-order valence-electron chi connectivity index (χ1n) is 6.29. The maximum Gasteiger partial charge on any atom is 0.0615 e. The Hall–Kier alpha value is -0.120. The van der Waals surface area contributed by atoms with Crippen molar-refractivity contribution in [3.8, 4) is 0 Å². The van der Waals surface area contributed by atoms with Gasteiger partial charge in [-0.05, 0) is 44.7 Å². The molecule has 3 N–H and O–H groups in total. The van der Waals surface area contributed by atoms with E-state index in [0.717, 1.165) is 31.9 Å². The molecule has 15 heavy (non-hydrogen) atoms. The molecule has 90 valence electrons. The van der Waals surface area contributed by atoms with Crippen molar-refractivity contribution in [3.05, 3.63) is 0 Å². The van der Waals surface area contributed by atoms with Crippen LogP contribution in [-0.4, -0.2) is 32.8 Å². The van der Waals surface area contributed by atoms with Crippen LogP contribution in [0.25, 0.3) is 0 Å². The third kappa shape index (κ3) is 5.50. The molecule has 3 heteroatoms. The van der Waals surface area contributed by atoms with Gasteiger partial charge in [0, 0.05) is 13.2 Å². The Labute approximate surface area is 93.8 Å². The highest BCUT2D eigenvalue weighted by molar-refractivity contribution is 4.73. The van der Waals surface area contributed by atoms with E-state index in [1.807, 2.05) is 0 Å². The molecule has 0 aliphatic heterocycles. The summed E-state index contributed by atoms with van der Waals surface area (Å²) in [5.41, 5.74) is 5.52. The average molecular weight is 214 g/mol. The zero-order valence-corrected chi connectivity index (χ0v) is 10.0. The largest absolute Gasteiger partial charge is 0.383 e. The lowest BCUT2D eigenvalue weighted by Crippen LogP contribution is -2.36. The standard InChI is InChI=1S/C12H26N2O/c1-15-10-12(7-4-8-13)14-9-11-5-2-3-6-11/h11-12,14H,2-10,13H2,1H3. The average Bonchev–Trinajstić information content (AvgIpc) is 2.75. The van der Waals surface area contributed by atoms with Crippen molar-refractivity contribution in [1.29, 1.82) is 0 Å². The number of hydrogen-bond donors (Lipinski definition) is 2. The van der Waals surface area contributed by atoms with Gasteiger partial charge >= 0.3 is 0 Å². The van der Waals surface area contributed by atoms with Gasteiger partial charge in [0.15, 0.2) is 0 Å². The minimum Gasteiger partial charge on any atom is -0.383 e. The van der Waals surface area contributed by atoms with Crippen LogP contribution in [0.15, 0.2) is 0 Å². The highest BCUT2D eigenvalue weighted by Crippen LogP contribution is 2.23. The van der Waals surface area contributed by atoms with Crippen molar-refractivity contribution >= 4 is 0 Å². The molecule has 1 atom stereocenters. The van der Waals surface area contributed by atoms with Gasteiger partial charge in [0.25, 0.3) is 0 Å². The molecular formula is C12H26N2O. The molecule has 1 rings (SSSR count). The monoisotopic (exact) mass is 214 g/mol. The van der Waals surface area contributed by atoms with Gasteiger partial charge in [-0.1, -0.05) is 12.8 Å². The van der Waals surface area contributed by atoms with Crippen LogP contribution in [0.5, 0.6) is 0 Å². The second-order valence-corrected chi connectivity index (χ2v) is 4.64. The lowest BCUT2D eigenvalue weighted by Gasteiger charge is -2.20. The van der Waals surface area contributed by atoms with Crippen LogP contribution in [0.3, 0.4) is 0 Å². The van der Waals surface area contributed by atoms with E-state index in [9.17, 15) is 0 Å². The maximum absolute atomic E-state index is 5.52. The molecule has 1 saturated carbocycles. The maximum atomic E-state index is 5.52. The van der Waals surface area contributed by atoms with Gasteiger partial charge in [0.05, 0.1) is 6.61 Å². The normalized spacial score (nSPS) is 19.6. The summed E-state index contributed by atoms with van der Waals surface area (Å²) >= 11 is 0. The first-order chi connectivity index (χ1) is 7.36. The Morgan fingerprint density at radius 2 is 2.13 bits per heavy atom. The van der Waals surface area contributed by atoms with E-state index in [0.29, 0.717) is 6.04 Å². The fraction of sp³-hybridized carbons (Fsp3) is 1.00. The molecule has 0 amide bonds. The first kappa shape index (κ1) is 12.9. The minimum atomic E-state index is 0.499. The molecule has 1 aliphatic carbocycles. The van der Waals surface area contributed by atoms with Crippen LogP contribution in [0.4, 0.5) is 0 Å². The van der Waals surface area contributed by atoms with Crippen LogP contribution in [0.2, 0.25) is 0 Å². The van der Waals surface area contributed by atoms with Crippen LogP contribution in [0, 0.1) is 5.92 Å². The Morgan fingerprint density at radius 1 is 1.40 bits per heavy atom. The third-order valence-electron chi connectivity index (χ3n) is 3.29. The predicted octanol–water partition coefficient (Wildman–Crippen LogP) is 1.52. The SMILES string of the molecule is COCC(CCCN)NCC1CCCC1. The fourth-order valence-corrected chi connectivity index (χ4v) is 2.36. The number of nitrogens with two attached hydrogens (primary N) is 1. The summed E-state index contributed by atoms with van der Waals surface area (Å²) < 4.78 is 5.21. The molecule has 0 bridgehead atoms. The number of ether oxygens (including phenoxy) is 1. The highest BCUT2D eigenvalue weighted by Gasteiger charge is 2.16. The Balaban J connectivity index is 2.11. The van der Waals surface area contributed by atoms with Gasteiger partial charge in [-0.15, -0.1) is 0 Å². The van der Waals surface area contributed by atoms with Crippen molar-refractivity contribution in [2.45, 2.75) is 44.6 Å². The van der Waals surface area contributed by atoms with Gasteiger partial charge in [-0.25, -0.2) is 0 Å². The summed E-state index contributed by atoms with van der Waals surface area (Å²) in [7, 11) is 1.77. The van der Waals surface area contributed by atoms with E-state index < -0.39 is 0 Å². The van der Waals surface area contributed by atoms with Gasteiger partial charge in [0.1, 0.15) is 0 Å². The first-order valence-corrected chi connectivity index (χ1v) is 6.29. The summed E-state index contributed by atoms with van der Waals surface area (Å²) in [4.78, 5) is 0. The smallest absolute Gasteiger partial charge is 0.0615 e. The summed E-state index contributed by atoms with van der Waals surface area (Å²) in [5, 5.41) is 3.62. The van der Waals surface area contributed by atoms with Crippen molar-refractivity contribution in [1.82, 2.24) is 5.32 Å². The number of hydrogen-bond acceptors (Lipinski definition) is 3. The zero-order valence-electron chi connectivity index (χ0n) is 10.0. The van der Waals surface area contributed by atoms with Gasteiger partial charge in [0.2, 0.25) is 0 Å². The second kappa shape index (κ2) is 8.08. The van der Waals surface area contributed by atoms with Crippen LogP contribution >= 0.6 is 0 Å². The molecule has 0 saturated heterocycles. The summed E-state index contributed by atoms with van der Waals surface area (Å²) in [5.74, 6) is 0.905. The third-order valence-corrected chi connectivity index (χ3v) is 3.29. The topological polar surface area (TPSA) is 47.3 Å². The Bertz CT molecular complexity index is 147. The van der Waals surface area contributed by atoms with E-state index in [1.54, 1.807) is 7.11 Å². The summed E-state index contributed by atoms with van der Waals surface area (Å²) in [6, 6.07) is 0.499. The van der Waals surface area contributed by atoms with E-state index in [-0.39, 0.29) is 0 Å². The molecule has 0 aromatic heterocycles. The van der Waals surface area contributed by atoms with E-state index in [4.69, 9.17) is 10.5 Å². The highest BCUT2D eigenvalue weighted by atomic mass is 16.5. The minimum absolute atomic E-state index is 0.499. The molecule has 1 aliphatic rings. The molecule has 0 aromatic rings.